The molecule has 0 fully saturated rings. The second-order valence-corrected chi connectivity index (χ2v) is 3.67. The Morgan fingerprint density at radius 3 is 2.93 bits per heavy atom. The summed E-state index contributed by atoms with van der Waals surface area (Å²) in [6.07, 6.45) is 0.306. The molecule has 1 heterocycles. The van der Waals surface area contributed by atoms with Crippen LogP contribution in [0.1, 0.15) is 0 Å². The van der Waals surface area contributed by atoms with Crippen molar-refractivity contribution in [1.82, 2.24) is 4.98 Å². The Kier molecular flexibility index (Phi) is 2.55. The van der Waals surface area contributed by atoms with E-state index >= 15 is 0 Å². The van der Waals surface area contributed by atoms with Crippen LogP contribution in [0.4, 0.5) is 4.79 Å². The van der Waals surface area contributed by atoms with E-state index in [4.69, 9.17) is 5.11 Å². The minimum Gasteiger partial charge on any atom is -0.449 e. The van der Waals surface area contributed by atoms with Gasteiger partial charge in [-0.1, -0.05) is 0 Å². The van der Waals surface area contributed by atoms with E-state index in [-0.39, 0.29) is 5.75 Å². The first-order valence-corrected chi connectivity index (χ1v) is 4.92. The molecule has 1 aromatic heterocycles. The molecule has 5 heteroatoms. The topological polar surface area (TPSA) is 59.4 Å². The molecule has 0 saturated carbocycles. The average Bonchev–Trinajstić information content (AvgIpc) is 2.22. The number of pyridine rings is 1. The summed E-state index contributed by atoms with van der Waals surface area (Å²) in [6, 6.07) is 6.77. The number of fused-ring (bicyclic) bond motifs is 1. The molecule has 0 amide bonds. The number of aromatic nitrogens is 1. The quantitative estimate of drug-likeness (QED) is 0.637. The fourth-order valence-corrected chi connectivity index (χ4v) is 1.74. The van der Waals surface area contributed by atoms with Gasteiger partial charge in [-0.3, -0.25) is 4.98 Å². The van der Waals surface area contributed by atoms with Gasteiger partial charge in [0.1, 0.15) is 5.75 Å². The lowest BCUT2D eigenvalue weighted by atomic mass is 10.2. The van der Waals surface area contributed by atoms with E-state index in [1.807, 2.05) is 0 Å². The summed E-state index contributed by atoms with van der Waals surface area (Å²) in [6.45, 7) is 0. The van der Waals surface area contributed by atoms with E-state index < -0.39 is 6.16 Å². The first-order chi connectivity index (χ1) is 7.18. The zero-order valence-electron chi connectivity index (χ0n) is 7.48. The molecule has 0 unspecified atom stereocenters. The maximum absolute atomic E-state index is 10.4. The van der Waals surface area contributed by atoms with Crippen molar-refractivity contribution in [2.45, 2.75) is 0 Å². The highest BCUT2D eigenvalue weighted by atomic mass is 79.9. The average molecular weight is 268 g/mol. The molecule has 0 atom stereocenters. The smallest absolute Gasteiger partial charge is 0.449 e. The normalized spacial score (nSPS) is 10.2. The Hall–Kier alpha value is -1.62. The maximum Gasteiger partial charge on any atom is 0.511 e. The molecule has 15 heavy (non-hydrogen) atoms. The summed E-state index contributed by atoms with van der Waals surface area (Å²) in [5.74, 6) is 0.286. The molecule has 0 aliphatic carbocycles. The fraction of sp³-hybridized carbons (Fsp3) is 0. The molecule has 2 rings (SSSR count). The lowest BCUT2D eigenvalue weighted by molar-refractivity contribution is 0.145. The lowest BCUT2D eigenvalue weighted by Crippen LogP contribution is -2.03. The molecule has 0 bridgehead atoms. The number of ether oxygens (including phenoxy) is 1. The molecular formula is C10H6BrNO3. The standard InChI is InChI=1S/C10H6BrNO3/c11-7-3-4-8(15-10(13)14)6-2-1-5-12-9(6)7/h1-5H,(H,13,14). The Balaban J connectivity index is 2.66. The van der Waals surface area contributed by atoms with Crippen LogP contribution in [0.15, 0.2) is 34.9 Å². The molecule has 0 aliphatic heterocycles. The van der Waals surface area contributed by atoms with E-state index in [9.17, 15) is 4.79 Å². The van der Waals surface area contributed by atoms with Gasteiger partial charge in [0, 0.05) is 16.1 Å². The van der Waals surface area contributed by atoms with Crippen LogP contribution in [-0.2, 0) is 0 Å². The predicted molar refractivity (Wildman–Crippen MR) is 58.1 cm³/mol. The molecular weight excluding hydrogens is 262 g/mol. The van der Waals surface area contributed by atoms with Crippen molar-refractivity contribution >= 4 is 33.0 Å². The summed E-state index contributed by atoms with van der Waals surface area (Å²) < 4.78 is 5.44. The third-order valence-electron chi connectivity index (χ3n) is 1.88. The van der Waals surface area contributed by atoms with Crippen LogP contribution in [0.5, 0.6) is 5.75 Å². The summed E-state index contributed by atoms with van der Waals surface area (Å²) in [4.78, 5) is 14.6. The highest BCUT2D eigenvalue weighted by molar-refractivity contribution is 9.10. The number of halogens is 1. The summed E-state index contributed by atoms with van der Waals surface area (Å²) in [5, 5.41) is 9.20. The van der Waals surface area contributed by atoms with Gasteiger partial charge >= 0.3 is 6.16 Å². The minimum atomic E-state index is -1.33. The third-order valence-corrected chi connectivity index (χ3v) is 2.52. The Labute approximate surface area is 93.6 Å². The Morgan fingerprint density at radius 1 is 1.40 bits per heavy atom. The molecule has 0 radical (unpaired) electrons. The van der Waals surface area contributed by atoms with Gasteiger partial charge in [0.25, 0.3) is 0 Å². The van der Waals surface area contributed by atoms with Crippen molar-refractivity contribution in [2.24, 2.45) is 0 Å². The number of carboxylic acid groups (broad SMARTS) is 1. The van der Waals surface area contributed by atoms with Crippen LogP contribution in [-0.4, -0.2) is 16.2 Å². The number of carbonyl (C=O) groups is 1. The first-order valence-electron chi connectivity index (χ1n) is 4.12. The van der Waals surface area contributed by atoms with Crippen LogP contribution in [0, 0.1) is 0 Å². The van der Waals surface area contributed by atoms with Gasteiger partial charge in [0.05, 0.1) is 5.52 Å². The predicted octanol–water partition coefficient (Wildman–Crippen LogP) is 3.05. The molecule has 0 saturated heterocycles. The molecule has 76 valence electrons. The summed E-state index contributed by atoms with van der Waals surface area (Å²) in [5.41, 5.74) is 0.677. The molecule has 1 aromatic carbocycles. The second kappa shape index (κ2) is 3.86. The van der Waals surface area contributed by atoms with Gasteiger partial charge < -0.3 is 9.84 Å². The fourth-order valence-electron chi connectivity index (χ4n) is 1.30. The minimum absolute atomic E-state index is 0.286. The van der Waals surface area contributed by atoms with Gasteiger partial charge in [-0.2, -0.15) is 0 Å². The van der Waals surface area contributed by atoms with Crippen molar-refractivity contribution in [3.8, 4) is 5.75 Å². The molecule has 2 aromatic rings. The highest BCUT2D eigenvalue weighted by Crippen LogP contribution is 2.29. The summed E-state index contributed by atoms with van der Waals surface area (Å²) >= 11 is 3.33. The van der Waals surface area contributed by atoms with E-state index in [1.165, 1.54) is 0 Å². The van der Waals surface area contributed by atoms with E-state index in [0.717, 1.165) is 4.47 Å². The van der Waals surface area contributed by atoms with Crippen molar-refractivity contribution in [3.05, 3.63) is 34.9 Å². The number of nitrogens with zero attached hydrogens (tertiary/aromatic N) is 1. The second-order valence-electron chi connectivity index (χ2n) is 2.81. The molecule has 4 nitrogen and oxygen atoms in total. The van der Waals surface area contributed by atoms with Gasteiger partial charge in [-0.05, 0) is 40.2 Å². The SMILES string of the molecule is O=C(O)Oc1ccc(Br)c2ncccc12. The third kappa shape index (κ3) is 1.92. The van der Waals surface area contributed by atoms with Gasteiger partial charge in [0.2, 0.25) is 0 Å². The van der Waals surface area contributed by atoms with E-state index in [2.05, 4.69) is 25.7 Å². The van der Waals surface area contributed by atoms with Gasteiger partial charge in [-0.15, -0.1) is 0 Å². The zero-order chi connectivity index (χ0) is 10.8. The summed E-state index contributed by atoms with van der Waals surface area (Å²) in [7, 11) is 0. The van der Waals surface area contributed by atoms with Crippen molar-refractivity contribution in [3.63, 3.8) is 0 Å². The van der Waals surface area contributed by atoms with E-state index in [0.29, 0.717) is 10.9 Å². The van der Waals surface area contributed by atoms with Crippen molar-refractivity contribution in [1.29, 1.82) is 0 Å². The largest absolute Gasteiger partial charge is 0.511 e. The molecule has 0 spiro atoms. The zero-order valence-corrected chi connectivity index (χ0v) is 9.06. The first kappa shape index (κ1) is 9.92. The van der Waals surface area contributed by atoms with Crippen LogP contribution >= 0.6 is 15.9 Å². The van der Waals surface area contributed by atoms with Crippen LogP contribution in [0.25, 0.3) is 10.9 Å². The van der Waals surface area contributed by atoms with Crippen molar-refractivity contribution in [2.75, 3.05) is 0 Å². The van der Waals surface area contributed by atoms with Crippen LogP contribution in [0.3, 0.4) is 0 Å². The number of rotatable bonds is 1. The lowest BCUT2D eigenvalue weighted by Gasteiger charge is -2.05. The van der Waals surface area contributed by atoms with Gasteiger partial charge in [0.15, 0.2) is 0 Å². The van der Waals surface area contributed by atoms with E-state index in [1.54, 1.807) is 30.5 Å². The van der Waals surface area contributed by atoms with Crippen molar-refractivity contribution < 1.29 is 14.6 Å². The maximum atomic E-state index is 10.4. The Morgan fingerprint density at radius 2 is 2.20 bits per heavy atom. The molecule has 1 N–H and O–H groups in total. The monoisotopic (exact) mass is 267 g/mol. The Bertz CT molecular complexity index is 527. The number of hydrogen-bond acceptors (Lipinski definition) is 3. The van der Waals surface area contributed by atoms with Crippen LogP contribution in [0.2, 0.25) is 0 Å². The highest BCUT2D eigenvalue weighted by Gasteiger charge is 2.08. The number of hydrogen-bond donors (Lipinski definition) is 1. The van der Waals surface area contributed by atoms with Gasteiger partial charge in [-0.25, -0.2) is 4.79 Å². The number of benzene rings is 1. The van der Waals surface area contributed by atoms with Crippen LogP contribution < -0.4 is 4.74 Å². The molecule has 0 aliphatic rings.